The lowest BCUT2D eigenvalue weighted by molar-refractivity contribution is -0.325. The summed E-state index contributed by atoms with van der Waals surface area (Å²) in [5.41, 5.74) is 6.46. The Bertz CT molecular complexity index is 396. The molecule has 1 unspecified atom stereocenters. The molecule has 0 saturated heterocycles. The van der Waals surface area contributed by atoms with E-state index in [2.05, 4.69) is 20.7 Å². The van der Waals surface area contributed by atoms with Crippen LogP contribution in [0, 0.1) is 0 Å². The molecular weight excluding hydrogens is 315 g/mol. The van der Waals surface area contributed by atoms with E-state index in [0.717, 1.165) is 10.0 Å². The molecule has 0 aliphatic rings. The number of rotatable bonds is 5. The monoisotopic (exact) mass is 327 g/mol. The minimum Gasteiger partial charge on any atom is -0.491 e. The van der Waals surface area contributed by atoms with E-state index in [9.17, 15) is 13.2 Å². The van der Waals surface area contributed by atoms with Gasteiger partial charge in [0.25, 0.3) is 0 Å². The minimum atomic E-state index is -4.63. The molecule has 2 N–H and O–H groups in total. The van der Waals surface area contributed by atoms with E-state index < -0.39 is 13.0 Å². The van der Waals surface area contributed by atoms with E-state index in [0.29, 0.717) is 5.75 Å². The van der Waals surface area contributed by atoms with Gasteiger partial charge in [0.05, 0.1) is 6.61 Å². The highest BCUT2D eigenvalue weighted by molar-refractivity contribution is 9.10. The second-order valence-electron chi connectivity index (χ2n) is 3.61. The van der Waals surface area contributed by atoms with Crippen LogP contribution >= 0.6 is 15.9 Å². The van der Waals surface area contributed by atoms with Crippen molar-refractivity contribution >= 4 is 15.9 Å². The van der Waals surface area contributed by atoms with Gasteiger partial charge in [0.1, 0.15) is 12.4 Å². The van der Waals surface area contributed by atoms with Crippen molar-refractivity contribution in [2.24, 2.45) is 5.73 Å². The molecule has 0 fully saturated rings. The zero-order valence-corrected chi connectivity index (χ0v) is 11.2. The van der Waals surface area contributed by atoms with Crippen LogP contribution in [-0.4, -0.2) is 19.6 Å². The van der Waals surface area contributed by atoms with Crippen molar-refractivity contribution in [2.45, 2.75) is 19.3 Å². The number of ether oxygens (including phenoxy) is 2. The lowest BCUT2D eigenvalue weighted by atomic mass is 10.1. The fourth-order valence-corrected chi connectivity index (χ4v) is 1.69. The van der Waals surface area contributed by atoms with Crippen molar-refractivity contribution in [2.75, 3.05) is 13.2 Å². The fraction of sp³-hybridized carbons (Fsp3) is 0.455. The molecule has 1 atom stereocenters. The number of hydrogen-bond donors (Lipinski definition) is 1. The van der Waals surface area contributed by atoms with Crippen molar-refractivity contribution in [3.8, 4) is 5.75 Å². The summed E-state index contributed by atoms with van der Waals surface area (Å²) in [6.07, 6.45) is -4.63. The Morgan fingerprint density at radius 3 is 2.56 bits per heavy atom. The zero-order valence-electron chi connectivity index (χ0n) is 9.63. The summed E-state index contributed by atoms with van der Waals surface area (Å²) in [7, 11) is 0. The molecule has 7 heteroatoms. The first kappa shape index (κ1) is 15.3. The van der Waals surface area contributed by atoms with Crippen LogP contribution in [-0.2, 0) is 4.74 Å². The summed E-state index contributed by atoms with van der Waals surface area (Å²) < 4.78 is 44.9. The van der Waals surface area contributed by atoms with Gasteiger partial charge < -0.3 is 10.5 Å². The molecule has 1 aromatic rings. The highest BCUT2D eigenvalue weighted by Gasteiger charge is 2.28. The highest BCUT2D eigenvalue weighted by Crippen LogP contribution is 2.27. The van der Waals surface area contributed by atoms with Crippen molar-refractivity contribution in [3.63, 3.8) is 0 Å². The van der Waals surface area contributed by atoms with Gasteiger partial charge in [0.15, 0.2) is 0 Å². The normalized spacial score (nSPS) is 13.4. The van der Waals surface area contributed by atoms with Crippen LogP contribution in [0.5, 0.6) is 5.75 Å². The zero-order chi connectivity index (χ0) is 13.8. The van der Waals surface area contributed by atoms with Gasteiger partial charge in [-0.1, -0.05) is 15.9 Å². The molecule has 0 saturated carbocycles. The Morgan fingerprint density at radius 1 is 1.33 bits per heavy atom. The van der Waals surface area contributed by atoms with E-state index >= 15 is 0 Å². The predicted octanol–water partition coefficient (Wildman–Crippen LogP) is 3.38. The number of benzene rings is 1. The average molecular weight is 328 g/mol. The van der Waals surface area contributed by atoms with Gasteiger partial charge in [-0.3, -0.25) is 4.74 Å². The Kier molecular flexibility index (Phi) is 5.43. The van der Waals surface area contributed by atoms with Crippen LogP contribution in [0.2, 0.25) is 0 Å². The molecule has 0 aliphatic carbocycles. The molecule has 102 valence electrons. The minimum absolute atomic E-state index is 0.194. The first-order valence-corrected chi connectivity index (χ1v) is 5.97. The van der Waals surface area contributed by atoms with Gasteiger partial charge in [0.2, 0.25) is 0 Å². The highest BCUT2D eigenvalue weighted by atomic mass is 79.9. The molecular formula is C11H13BrF3NO2. The lowest BCUT2D eigenvalue weighted by Crippen LogP contribution is -2.18. The summed E-state index contributed by atoms with van der Waals surface area (Å²) in [5, 5.41) is 0. The summed E-state index contributed by atoms with van der Waals surface area (Å²) in [6, 6.07) is 4.87. The van der Waals surface area contributed by atoms with Crippen molar-refractivity contribution in [1.29, 1.82) is 0 Å². The largest absolute Gasteiger partial charge is 0.522 e. The Balaban J connectivity index is 2.57. The third-order valence-electron chi connectivity index (χ3n) is 2.07. The summed E-state index contributed by atoms with van der Waals surface area (Å²) >= 11 is 3.29. The summed E-state index contributed by atoms with van der Waals surface area (Å²) in [4.78, 5) is 0. The number of alkyl halides is 3. The van der Waals surface area contributed by atoms with E-state index in [1.807, 2.05) is 0 Å². The smallest absolute Gasteiger partial charge is 0.491 e. The molecule has 0 spiro atoms. The first-order valence-electron chi connectivity index (χ1n) is 5.18. The van der Waals surface area contributed by atoms with Crippen LogP contribution < -0.4 is 10.5 Å². The van der Waals surface area contributed by atoms with E-state index in [-0.39, 0.29) is 12.6 Å². The molecule has 1 rings (SSSR count). The first-order chi connectivity index (χ1) is 8.29. The van der Waals surface area contributed by atoms with Crippen molar-refractivity contribution in [3.05, 3.63) is 28.2 Å². The van der Waals surface area contributed by atoms with Gasteiger partial charge in [-0.25, -0.2) is 0 Å². The molecule has 18 heavy (non-hydrogen) atoms. The standard InChI is InChI=1S/C11H13BrF3NO2/c1-7(16)9-6-8(12)2-3-10(9)17-4-5-18-11(13,14)15/h2-3,6-7H,4-5,16H2,1H3. The van der Waals surface area contributed by atoms with Gasteiger partial charge in [-0.05, 0) is 25.1 Å². The average Bonchev–Trinajstić information content (AvgIpc) is 2.24. The third kappa shape index (κ3) is 5.24. The molecule has 0 radical (unpaired) electrons. The topological polar surface area (TPSA) is 44.5 Å². The maximum atomic E-state index is 11.7. The third-order valence-corrected chi connectivity index (χ3v) is 2.56. The number of hydrogen-bond acceptors (Lipinski definition) is 3. The van der Waals surface area contributed by atoms with Gasteiger partial charge in [-0.2, -0.15) is 0 Å². The van der Waals surface area contributed by atoms with E-state index in [1.165, 1.54) is 0 Å². The quantitative estimate of drug-likeness (QED) is 0.843. The molecule has 0 bridgehead atoms. The maximum Gasteiger partial charge on any atom is 0.522 e. The van der Waals surface area contributed by atoms with E-state index in [4.69, 9.17) is 10.5 Å². The molecule has 1 aromatic carbocycles. The number of nitrogens with two attached hydrogens (primary N) is 1. The predicted molar refractivity (Wildman–Crippen MR) is 64.2 cm³/mol. The number of halogens is 4. The van der Waals surface area contributed by atoms with Crippen LogP contribution in [0.25, 0.3) is 0 Å². The molecule has 0 aliphatic heterocycles. The van der Waals surface area contributed by atoms with Crippen molar-refractivity contribution < 1.29 is 22.6 Å². The Labute approximate surface area is 111 Å². The summed E-state index contributed by atoms with van der Waals surface area (Å²) in [5.74, 6) is 0.457. The van der Waals surface area contributed by atoms with Gasteiger partial charge >= 0.3 is 6.36 Å². The Morgan fingerprint density at radius 2 is 2.00 bits per heavy atom. The molecule has 0 aromatic heterocycles. The maximum absolute atomic E-state index is 11.7. The fourth-order valence-electron chi connectivity index (χ4n) is 1.32. The SMILES string of the molecule is CC(N)c1cc(Br)ccc1OCCOC(F)(F)F. The second kappa shape index (κ2) is 6.40. The van der Waals surface area contributed by atoms with Crippen LogP contribution in [0.4, 0.5) is 13.2 Å². The molecule has 0 amide bonds. The summed E-state index contributed by atoms with van der Waals surface area (Å²) in [6.45, 7) is 1.01. The van der Waals surface area contributed by atoms with E-state index in [1.54, 1.807) is 25.1 Å². The van der Waals surface area contributed by atoms with Gasteiger partial charge in [0, 0.05) is 16.1 Å². The van der Waals surface area contributed by atoms with Crippen LogP contribution in [0.1, 0.15) is 18.5 Å². The Hall–Kier alpha value is -0.790. The second-order valence-corrected chi connectivity index (χ2v) is 4.53. The van der Waals surface area contributed by atoms with Gasteiger partial charge in [-0.15, -0.1) is 13.2 Å². The van der Waals surface area contributed by atoms with Crippen LogP contribution in [0.3, 0.4) is 0 Å². The lowest BCUT2D eigenvalue weighted by Gasteiger charge is -2.15. The van der Waals surface area contributed by atoms with Crippen molar-refractivity contribution in [1.82, 2.24) is 0 Å². The molecule has 3 nitrogen and oxygen atoms in total. The molecule has 0 heterocycles. The van der Waals surface area contributed by atoms with Crippen LogP contribution in [0.15, 0.2) is 22.7 Å².